The van der Waals surface area contributed by atoms with Crippen LogP contribution in [0.5, 0.6) is 0 Å². The molecule has 0 fully saturated rings. The van der Waals surface area contributed by atoms with Gasteiger partial charge in [0.2, 0.25) is 0 Å². The fraction of sp³-hybridized carbons (Fsp3) is 0.268. The van der Waals surface area contributed by atoms with Crippen LogP contribution in [-0.2, 0) is 32.5 Å². The molecule has 2 aromatic heterocycles. The van der Waals surface area contributed by atoms with Gasteiger partial charge >= 0.3 is 6.85 Å². The molecule has 0 spiro atoms. The largest absolute Gasteiger partial charge is 0.455 e. The van der Waals surface area contributed by atoms with Crippen LogP contribution < -0.4 is 20.6 Å². The third-order valence-electron chi connectivity index (χ3n) is 20.8. The molecule has 16 rings (SSSR count). The summed E-state index contributed by atoms with van der Waals surface area (Å²) in [4.78, 5) is 5.21. The number of aromatic nitrogens is 1. The molecule has 12 aromatic rings. The molecule has 430 valence electrons. The number of hydrogen-bond acceptors (Lipinski definition) is 3. The van der Waals surface area contributed by atoms with Gasteiger partial charge in [-0.15, -0.1) is 0 Å². The second-order valence-electron chi connectivity index (χ2n) is 31.0. The van der Waals surface area contributed by atoms with Crippen LogP contribution in [0.2, 0.25) is 0 Å². The van der Waals surface area contributed by atoms with Gasteiger partial charge < -0.3 is 18.7 Å². The molecule has 4 nitrogen and oxygen atoms in total. The minimum absolute atomic E-state index is 0.0216. The molecular formula is C82H78BN3O. The van der Waals surface area contributed by atoms with Crippen LogP contribution in [0.1, 0.15) is 155 Å². The smallest absolute Gasteiger partial charge is 0.333 e. The number of para-hydroxylation sites is 1. The summed E-state index contributed by atoms with van der Waals surface area (Å²) >= 11 is 0. The first-order valence-corrected chi connectivity index (χ1v) is 31.7. The number of nitrogens with zero attached hydrogens (tertiary/aromatic N) is 3. The summed E-state index contributed by atoms with van der Waals surface area (Å²) in [5.41, 5.74) is 31.7. The molecule has 0 saturated carbocycles. The van der Waals surface area contributed by atoms with Crippen LogP contribution in [0, 0.1) is 0 Å². The van der Waals surface area contributed by atoms with Crippen LogP contribution in [0.3, 0.4) is 0 Å². The van der Waals surface area contributed by atoms with Gasteiger partial charge in [0.1, 0.15) is 11.2 Å². The summed E-state index contributed by atoms with van der Waals surface area (Å²) in [5, 5.41) is 4.87. The molecule has 10 aromatic carbocycles. The molecule has 4 heterocycles. The van der Waals surface area contributed by atoms with Crippen molar-refractivity contribution >= 4 is 90.0 Å². The van der Waals surface area contributed by atoms with E-state index in [1.54, 1.807) is 0 Å². The summed E-state index contributed by atoms with van der Waals surface area (Å²) in [6, 6.07) is 71.0. The van der Waals surface area contributed by atoms with E-state index in [0.717, 1.165) is 33.6 Å². The fourth-order valence-electron chi connectivity index (χ4n) is 15.9. The molecule has 87 heavy (non-hydrogen) atoms. The molecule has 5 heteroatoms. The van der Waals surface area contributed by atoms with Gasteiger partial charge in [-0.2, -0.15) is 0 Å². The Morgan fingerprint density at radius 2 is 0.943 bits per heavy atom. The Labute approximate surface area is 514 Å². The van der Waals surface area contributed by atoms with Crippen molar-refractivity contribution < 1.29 is 4.42 Å². The number of furan rings is 1. The Morgan fingerprint density at radius 1 is 0.414 bits per heavy atom. The van der Waals surface area contributed by atoms with Crippen molar-refractivity contribution in [1.29, 1.82) is 0 Å². The standard InChI is InChI=1S/C82H78BN3O/c1-77(2,3)47-25-32-51(33-26-47)84(52-34-27-48(28-35-52)78(4,5)6)54-38-39-56-58-43-61-68(46-65(58)82(15,16)63(56)42-54)86(53-36-29-49(30-37-53)79(7,8)9)83-66-45-64-59(55-21-17-19-23-62(55)81(64,13)14)44-69(66)85-67-40-31-50(80(10,11)12)41-60(67)71-72-57-22-18-20-24-70(57)87-76(72)73(61)74(83)75(71)85/h17-46H,1-16H3. The highest BCUT2D eigenvalue weighted by Crippen LogP contribution is 2.59. The molecular weight excluding hydrogens is 1050 g/mol. The van der Waals surface area contributed by atoms with Gasteiger partial charge in [0, 0.05) is 77.6 Å². The molecule has 4 aliphatic rings. The SMILES string of the molecule is CC(C)(C)c1ccc(N2B3c4cc5c(cc4-n4c6ccc(C(C)(C)C)cc6c6c7c(oc8ccccc87)c(c3c64)-c3cc4c(cc32)C(C)(C)c2cc(N(c3ccc(C(C)(C)C)cc3)c3ccc(C(C)(C)C)cc3)ccc2-4)-c2ccccc2C5(C)C)cc1. The first kappa shape index (κ1) is 53.9. The lowest BCUT2D eigenvalue weighted by molar-refractivity contribution is 0.590. The predicted octanol–water partition coefficient (Wildman–Crippen LogP) is 21.2. The van der Waals surface area contributed by atoms with Gasteiger partial charge in [-0.1, -0.05) is 208 Å². The Hall–Kier alpha value is -8.54. The zero-order valence-electron chi connectivity index (χ0n) is 53.6. The average molecular weight is 1130 g/mol. The molecule has 0 atom stereocenters. The van der Waals surface area contributed by atoms with Gasteiger partial charge in [-0.05, 0) is 184 Å². The lowest BCUT2D eigenvalue weighted by Gasteiger charge is -2.43. The van der Waals surface area contributed by atoms with Crippen molar-refractivity contribution in [3.63, 3.8) is 0 Å². The highest BCUT2D eigenvalue weighted by Gasteiger charge is 2.50. The summed E-state index contributed by atoms with van der Waals surface area (Å²) in [6.45, 7) is 37.3. The van der Waals surface area contributed by atoms with E-state index in [9.17, 15) is 0 Å². The van der Waals surface area contributed by atoms with E-state index in [4.69, 9.17) is 4.42 Å². The van der Waals surface area contributed by atoms with Gasteiger partial charge in [-0.3, -0.25) is 0 Å². The van der Waals surface area contributed by atoms with Gasteiger partial charge in [0.15, 0.2) is 0 Å². The second-order valence-corrected chi connectivity index (χ2v) is 31.0. The Bertz CT molecular complexity index is 4880. The Morgan fingerprint density at radius 3 is 1.59 bits per heavy atom. The first-order chi connectivity index (χ1) is 41.2. The van der Waals surface area contributed by atoms with Crippen LogP contribution >= 0.6 is 0 Å². The number of fused-ring (bicyclic) bond motifs is 19. The summed E-state index contributed by atoms with van der Waals surface area (Å²) in [7, 11) is 0. The van der Waals surface area contributed by atoms with Crippen LogP contribution in [0.25, 0.3) is 82.8 Å². The van der Waals surface area contributed by atoms with Crippen LogP contribution in [0.4, 0.5) is 28.4 Å². The maximum absolute atomic E-state index is 7.55. The minimum Gasteiger partial charge on any atom is -0.455 e. The maximum atomic E-state index is 7.55. The van der Waals surface area contributed by atoms with Crippen molar-refractivity contribution in [3.05, 3.63) is 226 Å². The van der Waals surface area contributed by atoms with Crippen molar-refractivity contribution in [2.24, 2.45) is 0 Å². The molecule has 0 N–H and O–H groups in total. The number of hydrogen-bond donors (Lipinski definition) is 0. The molecule has 0 unspecified atom stereocenters. The first-order valence-electron chi connectivity index (χ1n) is 31.7. The molecule has 2 aliphatic carbocycles. The molecule has 0 amide bonds. The minimum atomic E-state index is -0.369. The highest BCUT2D eigenvalue weighted by molar-refractivity contribution is 6.94. The van der Waals surface area contributed by atoms with E-state index >= 15 is 0 Å². The van der Waals surface area contributed by atoms with Gasteiger partial charge in [0.25, 0.3) is 0 Å². The van der Waals surface area contributed by atoms with Crippen molar-refractivity contribution in [2.75, 3.05) is 9.71 Å². The van der Waals surface area contributed by atoms with Crippen LogP contribution in [-0.4, -0.2) is 11.4 Å². The third-order valence-corrected chi connectivity index (χ3v) is 20.8. The lowest BCUT2D eigenvalue weighted by atomic mass is 9.43. The zero-order valence-corrected chi connectivity index (χ0v) is 53.6. The fourth-order valence-corrected chi connectivity index (χ4v) is 15.9. The maximum Gasteiger partial charge on any atom is 0.333 e. The third kappa shape index (κ3) is 7.57. The predicted molar refractivity (Wildman–Crippen MR) is 372 cm³/mol. The van der Waals surface area contributed by atoms with E-state index in [1.165, 1.54) is 133 Å². The molecule has 0 radical (unpaired) electrons. The van der Waals surface area contributed by atoms with Crippen molar-refractivity contribution in [1.82, 2.24) is 4.57 Å². The second kappa shape index (κ2) is 17.6. The molecule has 0 saturated heterocycles. The van der Waals surface area contributed by atoms with E-state index in [1.807, 2.05) is 0 Å². The Kier molecular flexibility index (Phi) is 10.9. The molecule has 2 aliphatic heterocycles. The van der Waals surface area contributed by atoms with Crippen molar-refractivity contribution in [2.45, 2.75) is 143 Å². The Balaban J connectivity index is 1.01. The van der Waals surface area contributed by atoms with Crippen LogP contribution in [0.15, 0.2) is 186 Å². The van der Waals surface area contributed by atoms with E-state index in [-0.39, 0.29) is 39.3 Å². The lowest BCUT2D eigenvalue weighted by Crippen LogP contribution is -2.60. The quantitative estimate of drug-likeness (QED) is 0.164. The van der Waals surface area contributed by atoms with Gasteiger partial charge in [-0.25, -0.2) is 0 Å². The van der Waals surface area contributed by atoms with E-state index in [0.29, 0.717) is 0 Å². The number of anilines is 5. The highest BCUT2D eigenvalue weighted by atomic mass is 16.3. The van der Waals surface area contributed by atoms with Crippen molar-refractivity contribution in [3.8, 4) is 39.1 Å². The number of rotatable bonds is 4. The summed E-state index contributed by atoms with van der Waals surface area (Å²) < 4.78 is 10.2. The topological polar surface area (TPSA) is 24.6 Å². The monoisotopic (exact) mass is 1130 g/mol. The summed E-state index contributed by atoms with van der Waals surface area (Å²) in [6.07, 6.45) is 0. The van der Waals surface area contributed by atoms with E-state index < -0.39 is 0 Å². The molecule has 0 bridgehead atoms. The normalized spacial score (nSPS) is 15.3. The zero-order chi connectivity index (χ0) is 60.6. The average Bonchev–Trinajstić information content (AvgIpc) is 1.57. The number of benzene rings is 10. The summed E-state index contributed by atoms with van der Waals surface area (Å²) in [5.74, 6) is 0. The van der Waals surface area contributed by atoms with Gasteiger partial charge in [0.05, 0.1) is 11.0 Å². The van der Waals surface area contributed by atoms with E-state index in [2.05, 4.69) is 307 Å².